The van der Waals surface area contributed by atoms with Crippen LogP contribution in [0.5, 0.6) is 5.75 Å². The van der Waals surface area contributed by atoms with Gasteiger partial charge in [0.05, 0.1) is 4.90 Å². The van der Waals surface area contributed by atoms with Gasteiger partial charge in [-0.2, -0.15) is 0 Å². The van der Waals surface area contributed by atoms with E-state index < -0.39 is 21.9 Å². The number of sulfonamides is 1. The van der Waals surface area contributed by atoms with Gasteiger partial charge in [0.25, 0.3) is 0 Å². The number of halogens is 1. The highest BCUT2D eigenvalue weighted by atomic mass is 32.2. The van der Waals surface area contributed by atoms with E-state index in [4.69, 9.17) is 4.74 Å². The molecule has 1 heterocycles. The lowest BCUT2D eigenvalue weighted by atomic mass is 10.1. The van der Waals surface area contributed by atoms with Crippen molar-refractivity contribution in [3.05, 3.63) is 90.0 Å². The number of nitrogens with zero attached hydrogens (tertiary/aromatic N) is 1. The minimum atomic E-state index is -3.74. The third-order valence-electron chi connectivity index (χ3n) is 3.96. The van der Waals surface area contributed by atoms with Gasteiger partial charge < -0.3 is 4.74 Å². The normalized spacial score (nSPS) is 12.5. The van der Waals surface area contributed by atoms with Crippen LogP contribution in [0.3, 0.4) is 0 Å². The Morgan fingerprint density at radius 2 is 1.78 bits per heavy atom. The van der Waals surface area contributed by atoms with Gasteiger partial charge in [-0.1, -0.05) is 18.2 Å². The van der Waals surface area contributed by atoms with Crippen molar-refractivity contribution < 1.29 is 17.5 Å². The minimum absolute atomic E-state index is 0.0205. The monoisotopic (exact) mass is 386 g/mol. The highest BCUT2D eigenvalue weighted by molar-refractivity contribution is 7.89. The maximum Gasteiger partial charge on any atom is 0.241 e. The molecule has 140 valence electrons. The van der Waals surface area contributed by atoms with Crippen LogP contribution >= 0.6 is 0 Å². The molecule has 3 rings (SSSR count). The van der Waals surface area contributed by atoms with Crippen molar-refractivity contribution in [1.29, 1.82) is 0 Å². The van der Waals surface area contributed by atoms with Crippen molar-refractivity contribution in [2.24, 2.45) is 0 Å². The van der Waals surface area contributed by atoms with Gasteiger partial charge in [-0.15, -0.1) is 0 Å². The van der Waals surface area contributed by atoms with Gasteiger partial charge >= 0.3 is 0 Å². The smallest absolute Gasteiger partial charge is 0.241 e. The Morgan fingerprint density at radius 1 is 1.07 bits per heavy atom. The molecule has 3 aromatic rings. The van der Waals surface area contributed by atoms with Gasteiger partial charge in [-0.3, -0.25) is 4.98 Å². The van der Waals surface area contributed by atoms with Crippen LogP contribution in [0.25, 0.3) is 0 Å². The van der Waals surface area contributed by atoms with E-state index in [0.717, 1.165) is 23.3 Å². The summed E-state index contributed by atoms with van der Waals surface area (Å²) in [6.07, 6.45) is 3.44. The van der Waals surface area contributed by atoms with Crippen LogP contribution in [0.15, 0.2) is 78.0 Å². The zero-order valence-electron chi connectivity index (χ0n) is 14.7. The third-order valence-corrected chi connectivity index (χ3v) is 5.52. The molecule has 1 N–H and O–H groups in total. The van der Waals surface area contributed by atoms with Crippen molar-refractivity contribution in [3.63, 3.8) is 0 Å². The topological polar surface area (TPSA) is 68.3 Å². The fraction of sp³-hybridized carbons (Fsp3) is 0.150. The lowest BCUT2D eigenvalue weighted by molar-refractivity contribution is 0.305. The van der Waals surface area contributed by atoms with Crippen LogP contribution in [0.2, 0.25) is 0 Å². The first-order valence-electron chi connectivity index (χ1n) is 8.33. The predicted molar refractivity (Wildman–Crippen MR) is 100 cm³/mol. The van der Waals surface area contributed by atoms with Gasteiger partial charge in [0, 0.05) is 24.0 Å². The zero-order chi connectivity index (χ0) is 19.3. The second kappa shape index (κ2) is 8.28. The second-order valence-electron chi connectivity index (χ2n) is 6.02. The zero-order valence-corrected chi connectivity index (χ0v) is 15.5. The molecule has 0 amide bonds. The molecule has 0 radical (unpaired) electrons. The second-order valence-corrected chi connectivity index (χ2v) is 7.73. The molecule has 1 atom stereocenters. The number of nitrogens with one attached hydrogen (secondary N) is 1. The Kier molecular flexibility index (Phi) is 5.83. The van der Waals surface area contributed by atoms with Crippen LogP contribution in [-0.2, 0) is 16.6 Å². The quantitative estimate of drug-likeness (QED) is 0.670. The SMILES string of the molecule is CC(NS(=O)(=O)c1ccc(F)cc1)c1ccc(OCc2cccnc2)cc1. The first kappa shape index (κ1) is 19.0. The van der Waals surface area contributed by atoms with Crippen molar-refractivity contribution in [2.45, 2.75) is 24.5 Å². The molecule has 27 heavy (non-hydrogen) atoms. The largest absolute Gasteiger partial charge is 0.489 e. The van der Waals surface area contributed by atoms with Crippen LogP contribution in [0.1, 0.15) is 24.1 Å². The van der Waals surface area contributed by atoms with Gasteiger partial charge in [-0.05, 0) is 55.0 Å². The molecule has 0 bridgehead atoms. The highest BCUT2D eigenvalue weighted by Crippen LogP contribution is 2.21. The molecule has 1 aromatic heterocycles. The van der Waals surface area contributed by atoms with Crippen molar-refractivity contribution in [3.8, 4) is 5.75 Å². The van der Waals surface area contributed by atoms with Gasteiger partial charge in [-0.25, -0.2) is 17.5 Å². The van der Waals surface area contributed by atoms with Crippen LogP contribution in [0, 0.1) is 5.82 Å². The summed E-state index contributed by atoms with van der Waals surface area (Å²) in [4.78, 5) is 4.05. The summed E-state index contributed by atoms with van der Waals surface area (Å²) in [5.41, 5.74) is 1.75. The number of pyridine rings is 1. The summed E-state index contributed by atoms with van der Waals surface area (Å²) in [5.74, 6) is 0.195. The van der Waals surface area contributed by atoms with E-state index in [2.05, 4.69) is 9.71 Å². The molecule has 0 aliphatic rings. The molecule has 1 unspecified atom stereocenters. The molecule has 0 fully saturated rings. The van der Waals surface area contributed by atoms with E-state index in [-0.39, 0.29) is 4.90 Å². The molecule has 0 aliphatic heterocycles. The van der Waals surface area contributed by atoms with Crippen molar-refractivity contribution in [2.75, 3.05) is 0 Å². The Bertz CT molecular complexity index is 976. The van der Waals surface area contributed by atoms with Gasteiger partial charge in [0.1, 0.15) is 18.2 Å². The number of rotatable bonds is 7. The molecule has 0 saturated heterocycles. The fourth-order valence-electron chi connectivity index (χ4n) is 2.49. The molecular formula is C20H19FN2O3S. The minimum Gasteiger partial charge on any atom is -0.489 e. The Hall–Kier alpha value is -2.77. The van der Waals surface area contributed by atoms with E-state index >= 15 is 0 Å². The number of ether oxygens (including phenoxy) is 1. The van der Waals surface area contributed by atoms with Crippen molar-refractivity contribution >= 4 is 10.0 Å². The van der Waals surface area contributed by atoms with E-state index in [1.54, 1.807) is 43.6 Å². The molecule has 5 nitrogen and oxygen atoms in total. The Morgan fingerprint density at radius 3 is 2.41 bits per heavy atom. The summed E-state index contributed by atoms with van der Waals surface area (Å²) in [5, 5.41) is 0. The van der Waals surface area contributed by atoms with E-state index in [1.165, 1.54) is 12.1 Å². The predicted octanol–water partition coefficient (Wildman–Crippen LogP) is 3.84. The standard InChI is InChI=1S/C20H19FN2O3S/c1-15(23-27(24,25)20-10-6-18(21)7-11-20)17-4-8-19(9-5-17)26-14-16-3-2-12-22-13-16/h2-13,15,23H,14H2,1H3. The number of aromatic nitrogens is 1. The first-order chi connectivity index (χ1) is 12.9. The number of hydrogen-bond donors (Lipinski definition) is 1. The average Bonchev–Trinajstić information content (AvgIpc) is 2.67. The van der Waals surface area contributed by atoms with E-state index in [0.29, 0.717) is 12.4 Å². The highest BCUT2D eigenvalue weighted by Gasteiger charge is 2.18. The lowest BCUT2D eigenvalue weighted by Gasteiger charge is -2.15. The van der Waals surface area contributed by atoms with Crippen LogP contribution in [-0.4, -0.2) is 13.4 Å². The third kappa shape index (κ3) is 5.12. The summed E-state index contributed by atoms with van der Waals surface area (Å²) < 4.78 is 46.0. The first-order valence-corrected chi connectivity index (χ1v) is 9.82. The van der Waals surface area contributed by atoms with Gasteiger partial charge in [0.2, 0.25) is 10.0 Å². The maximum atomic E-state index is 13.0. The lowest BCUT2D eigenvalue weighted by Crippen LogP contribution is -2.26. The average molecular weight is 386 g/mol. The molecule has 0 aliphatic carbocycles. The Balaban J connectivity index is 1.63. The summed E-state index contributed by atoms with van der Waals surface area (Å²) in [7, 11) is -3.74. The number of benzene rings is 2. The number of hydrogen-bond acceptors (Lipinski definition) is 4. The molecule has 7 heteroatoms. The molecular weight excluding hydrogens is 367 g/mol. The maximum absolute atomic E-state index is 13.0. The summed E-state index contributed by atoms with van der Waals surface area (Å²) in [6.45, 7) is 2.15. The van der Waals surface area contributed by atoms with Crippen LogP contribution in [0.4, 0.5) is 4.39 Å². The van der Waals surface area contributed by atoms with Crippen LogP contribution < -0.4 is 9.46 Å². The van der Waals surface area contributed by atoms with Crippen molar-refractivity contribution in [1.82, 2.24) is 9.71 Å². The fourth-order valence-corrected chi connectivity index (χ4v) is 3.72. The molecule has 0 saturated carbocycles. The summed E-state index contributed by atoms with van der Waals surface area (Å²) >= 11 is 0. The van der Waals surface area contributed by atoms with E-state index in [9.17, 15) is 12.8 Å². The Labute approximate surface area is 157 Å². The van der Waals surface area contributed by atoms with Gasteiger partial charge in [0.15, 0.2) is 0 Å². The van der Waals surface area contributed by atoms with E-state index in [1.807, 2.05) is 12.1 Å². The molecule has 0 spiro atoms. The molecule has 2 aromatic carbocycles. The summed E-state index contributed by atoms with van der Waals surface area (Å²) in [6, 6.07) is 15.2.